The van der Waals surface area contributed by atoms with Crippen LogP contribution in [-0.4, -0.2) is 45.2 Å². The average molecular weight is 209 g/mol. The van der Waals surface area contributed by atoms with Gasteiger partial charge in [0.05, 0.1) is 5.92 Å². The van der Waals surface area contributed by atoms with Crippen LogP contribution in [0.1, 0.15) is 16.9 Å². The van der Waals surface area contributed by atoms with Crippen LogP contribution < -0.4 is 0 Å². The fourth-order valence-corrected chi connectivity index (χ4v) is 1.69. The van der Waals surface area contributed by atoms with Crippen molar-refractivity contribution in [2.24, 2.45) is 5.92 Å². The number of H-pyrrole nitrogens is 1. The average Bonchev–Trinajstić information content (AvgIpc) is 2.88. The molecule has 0 saturated carbocycles. The highest BCUT2D eigenvalue weighted by molar-refractivity contribution is 5.92. The number of carbonyl (C=O) groups excluding carboxylic acids is 1. The first-order valence-corrected chi connectivity index (χ1v) is 4.70. The third kappa shape index (κ3) is 1.83. The summed E-state index contributed by atoms with van der Waals surface area (Å²) in [6, 6.07) is 1.58. The smallest absolute Gasteiger partial charge is 0.308 e. The minimum atomic E-state index is -0.838. The minimum Gasteiger partial charge on any atom is -0.481 e. The molecule has 1 aliphatic heterocycles. The number of aromatic amines is 1. The van der Waals surface area contributed by atoms with Gasteiger partial charge in [0, 0.05) is 19.3 Å². The first-order chi connectivity index (χ1) is 7.18. The maximum Gasteiger partial charge on any atom is 0.308 e. The van der Waals surface area contributed by atoms with Crippen molar-refractivity contribution in [1.29, 1.82) is 0 Å². The molecule has 2 rings (SSSR count). The first-order valence-electron chi connectivity index (χ1n) is 4.70. The van der Waals surface area contributed by atoms with Crippen LogP contribution in [0, 0.1) is 5.92 Å². The van der Waals surface area contributed by atoms with Crippen LogP contribution in [0.5, 0.6) is 0 Å². The highest BCUT2D eigenvalue weighted by atomic mass is 16.4. The van der Waals surface area contributed by atoms with E-state index in [4.69, 9.17) is 5.11 Å². The van der Waals surface area contributed by atoms with Gasteiger partial charge >= 0.3 is 5.97 Å². The highest BCUT2D eigenvalue weighted by Gasteiger charge is 2.31. The molecule has 0 aliphatic carbocycles. The zero-order chi connectivity index (χ0) is 10.8. The Morgan fingerprint density at radius 1 is 1.60 bits per heavy atom. The molecule has 2 N–H and O–H groups in total. The van der Waals surface area contributed by atoms with E-state index in [2.05, 4.69) is 10.2 Å². The molecule has 1 aromatic rings. The second-order valence-electron chi connectivity index (χ2n) is 3.55. The van der Waals surface area contributed by atoms with Crippen molar-refractivity contribution >= 4 is 11.9 Å². The largest absolute Gasteiger partial charge is 0.481 e. The number of likely N-dealkylation sites (tertiary alicyclic amines) is 1. The summed E-state index contributed by atoms with van der Waals surface area (Å²) in [4.78, 5) is 24.0. The topological polar surface area (TPSA) is 86.3 Å². The Balaban J connectivity index is 2.02. The van der Waals surface area contributed by atoms with Gasteiger partial charge < -0.3 is 10.0 Å². The Hall–Kier alpha value is -1.85. The Morgan fingerprint density at radius 2 is 2.40 bits per heavy atom. The molecule has 1 aliphatic rings. The van der Waals surface area contributed by atoms with Gasteiger partial charge in [0.25, 0.3) is 5.91 Å². The van der Waals surface area contributed by atoms with Gasteiger partial charge in [-0.25, -0.2) is 0 Å². The maximum atomic E-state index is 11.7. The molecule has 1 aromatic heterocycles. The lowest BCUT2D eigenvalue weighted by atomic mass is 10.1. The molecule has 1 amide bonds. The lowest BCUT2D eigenvalue weighted by molar-refractivity contribution is -0.141. The summed E-state index contributed by atoms with van der Waals surface area (Å²) in [5.41, 5.74) is 0.404. The molecule has 2 heterocycles. The lowest BCUT2D eigenvalue weighted by Crippen LogP contribution is -2.30. The van der Waals surface area contributed by atoms with Gasteiger partial charge in [-0.3, -0.25) is 14.7 Å². The predicted octanol–water partition coefficient (Wildman–Crippen LogP) is -0.0436. The van der Waals surface area contributed by atoms with Gasteiger partial charge in [-0.1, -0.05) is 0 Å². The summed E-state index contributed by atoms with van der Waals surface area (Å²) in [5, 5.41) is 15.0. The van der Waals surface area contributed by atoms with E-state index in [0.29, 0.717) is 18.7 Å². The van der Waals surface area contributed by atoms with Gasteiger partial charge in [-0.05, 0) is 12.5 Å². The number of aromatic nitrogens is 2. The molecular formula is C9H11N3O3. The maximum absolute atomic E-state index is 11.7. The number of rotatable bonds is 2. The van der Waals surface area contributed by atoms with Crippen LogP contribution in [0.2, 0.25) is 0 Å². The second-order valence-corrected chi connectivity index (χ2v) is 3.55. The van der Waals surface area contributed by atoms with E-state index in [0.717, 1.165) is 0 Å². The number of hydrogen-bond donors (Lipinski definition) is 2. The number of nitrogens with one attached hydrogen (secondary N) is 1. The summed E-state index contributed by atoms with van der Waals surface area (Å²) >= 11 is 0. The number of aliphatic carboxylic acids is 1. The standard InChI is InChI=1S/C9H11N3O3/c13-8(7-1-3-10-11-7)12-4-2-6(5-12)9(14)15/h1,3,6H,2,4-5H2,(H,10,11)(H,14,15). The minimum absolute atomic E-state index is 0.184. The summed E-state index contributed by atoms with van der Waals surface area (Å²) in [5.74, 6) is -1.46. The quantitative estimate of drug-likeness (QED) is 0.715. The monoisotopic (exact) mass is 209 g/mol. The summed E-state index contributed by atoms with van der Waals surface area (Å²) in [7, 11) is 0. The summed E-state index contributed by atoms with van der Waals surface area (Å²) in [6.45, 7) is 0.780. The molecular weight excluding hydrogens is 198 g/mol. The lowest BCUT2D eigenvalue weighted by Gasteiger charge is -2.13. The molecule has 1 fully saturated rings. The van der Waals surface area contributed by atoms with E-state index in [1.54, 1.807) is 6.07 Å². The van der Waals surface area contributed by atoms with Crippen molar-refractivity contribution in [2.45, 2.75) is 6.42 Å². The van der Waals surface area contributed by atoms with E-state index in [1.807, 2.05) is 0 Å². The molecule has 0 radical (unpaired) electrons. The number of amides is 1. The van der Waals surface area contributed by atoms with Crippen LogP contribution in [-0.2, 0) is 4.79 Å². The number of carboxylic acids is 1. The van der Waals surface area contributed by atoms with Crippen molar-refractivity contribution in [3.63, 3.8) is 0 Å². The molecule has 1 unspecified atom stereocenters. The van der Waals surface area contributed by atoms with Crippen LogP contribution >= 0.6 is 0 Å². The SMILES string of the molecule is O=C(O)C1CCN(C(=O)c2ccn[nH]2)C1. The van der Waals surface area contributed by atoms with Gasteiger partial charge in [-0.2, -0.15) is 5.10 Å². The normalized spacial score (nSPS) is 20.5. The number of carboxylic acid groups (broad SMARTS) is 1. The Bertz CT molecular complexity index is 374. The Kier molecular flexibility index (Phi) is 2.40. The van der Waals surface area contributed by atoms with E-state index in [1.165, 1.54) is 11.1 Å². The van der Waals surface area contributed by atoms with Crippen LogP contribution in [0.4, 0.5) is 0 Å². The number of carbonyl (C=O) groups is 2. The van der Waals surface area contributed by atoms with Gasteiger partial charge in [0.2, 0.25) is 0 Å². The summed E-state index contributed by atoms with van der Waals surface area (Å²) in [6.07, 6.45) is 2.02. The molecule has 1 saturated heterocycles. The highest BCUT2D eigenvalue weighted by Crippen LogP contribution is 2.17. The van der Waals surface area contributed by atoms with E-state index < -0.39 is 11.9 Å². The molecule has 1 atom stereocenters. The fourth-order valence-electron chi connectivity index (χ4n) is 1.69. The van der Waals surface area contributed by atoms with Crippen molar-refractivity contribution in [1.82, 2.24) is 15.1 Å². The molecule has 15 heavy (non-hydrogen) atoms. The Labute approximate surface area is 85.9 Å². The van der Waals surface area contributed by atoms with E-state index in [-0.39, 0.29) is 12.5 Å². The molecule has 0 bridgehead atoms. The molecule has 0 aromatic carbocycles. The predicted molar refractivity (Wildman–Crippen MR) is 50.2 cm³/mol. The van der Waals surface area contributed by atoms with Gasteiger partial charge in [-0.15, -0.1) is 0 Å². The second kappa shape index (κ2) is 3.72. The van der Waals surface area contributed by atoms with Crippen molar-refractivity contribution in [2.75, 3.05) is 13.1 Å². The zero-order valence-electron chi connectivity index (χ0n) is 8.01. The third-order valence-electron chi connectivity index (χ3n) is 2.56. The molecule has 6 nitrogen and oxygen atoms in total. The number of hydrogen-bond acceptors (Lipinski definition) is 3. The molecule has 6 heteroatoms. The molecule has 80 valence electrons. The van der Waals surface area contributed by atoms with Crippen molar-refractivity contribution in [3.05, 3.63) is 18.0 Å². The van der Waals surface area contributed by atoms with Gasteiger partial charge in [0.15, 0.2) is 0 Å². The zero-order valence-corrected chi connectivity index (χ0v) is 8.01. The van der Waals surface area contributed by atoms with Crippen LogP contribution in [0.25, 0.3) is 0 Å². The van der Waals surface area contributed by atoms with E-state index >= 15 is 0 Å². The number of nitrogens with zero attached hydrogens (tertiary/aromatic N) is 2. The fraction of sp³-hybridized carbons (Fsp3) is 0.444. The van der Waals surface area contributed by atoms with Gasteiger partial charge in [0.1, 0.15) is 5.69 Å². The first kappa shape index (κ1) is 9.70. The van der Waals surface area contributed by atoms with Crippen molar-refractivity contribution in [3.8, 4) is 0 Å². The van der Waals surface area contributed by atoms with E-state index in [9.17, 15) is 9.59 Å². The van der Waals surface area contributed by atoms with Crippen LogP contribution in [0.15, 0.2) is 12.3 Å². The molecule has 0 spiro atoms. The van der Waals surface area contributed by atoms with Crippen LogP contribution in [0.3, 0.4) is 0 Å². The van der Waals surface area contributed by atoms with Crippen molar-refractivity contribution < 1.29 is 14.7 Å². The summed E-state index contributed by atoms with van der Waals surface area (Å²) < 4.78 is 0. The third-order valence-corrected chi connectivity index (χ3v) is 2.56. The Morgan fingerprint density at radius 3 is 2.93 bits per heavy atom.